The van der Waals surface area contributed by atoms with E-state index in [0.29, 0.717) is 37.4 Å². The van der Waals surface area contributed by atoms with Crippen LogP contribution in [-0.2, 0) is 26.2 Å². The molecule has 1 aromatic rings. The van der Waals surface area contributed by atoms with Crippen LogP contribution in [0.3, 0.4) is 0 Å². The number of hydrogen-bond acceptors (Lipinski definition) is 4. The highest BCUT2D eigenvalue weighted by Crippen LogP contribution is 2.43. The van der Waals surface area contributed by atoms with Crippen molar-refractivity contribution in [3.05, 3.63) is 46.1 Å². The van der Waals surface area contributed by atoms with Gasteiger partial charge in [0.05, 0.1) is 18.6 Å². The number of ether oxygens (including phenoxy) is 1. The van der Waals surface area contributed by atoms with Crippen molar-refractivity contribution in [1.82, 2.24) is 4.90 Å². The minimum Gasteiger partial charge on any atom is -0.466 e. The molecule has 172 valence electrons. The molecule has 1 atom stereocenters. The molecular formula is C25H36ClNO4. The van der Waals surface area contributed by atoms with Crippen LogP contribution >= 0.6 is 11.6 Å². The number of hydrogen-bond donors (Lipinski definition) is 1. The highest BCUT2D eigenvalue weighted by Gasteiger charge is 2.40. The SMILES string of the molecule is CCOC(=O)CCN1C=C(C(C)C)[C@](C)(c2ccc(CCC(C)(C)O)c(Cl)c2)CC1=O. The summed E-state index contributed by atoms with van der Waals surface area (Å²) in [5.74, 6) is -0.0909. The van der Waals surface area contributed by atoms with Crippen LogP contribution < -0.4 is 0 Å². The van der Waals surface area contributed by atoms with E-state index >= 15 is 0 Å². The number of carbonyl (C=O) groups excluding carboxylic acids is 2. The summed E-state index contributed by atoms with van der Waals surface area (Å²) < 4.78 is 4.99. The summed E-state index contributed by atoms with van der Waals surface area (Å²) >= 11 is 6.60. The highest BCUT2D eigenvalue weighted by atomic mass is 35.5. The van der Waals surface area contributed by atoms with Gasteiger partial charge in [-0.15, -0.1) is 0 Å². The van der Waals surface area contributed by atoms with Crippen molar-refractivity contribution in [3.63, 3.8) is 0 Å². The monoisotopic (exact) mass is 449 g/mol. The molecule has 6 heteroatoms. The van der Waals surface area contributed by atoms with E-state index in [1.165, 1.54) is 0 Å². The topological polar surface area (TPSA) is 66.8 Å². The normalized spacial score (nSPS) is 19.6. The van der Waals surface area contributed by atoms with Crippen LogP contribution in [-0.4, -0.2) is 40.6 Å². The quantitative estimate of drug-likeness (QED) is 0.537. The van der Waals surface area contributed by atoms with E-state index in [9.17, 15) is 14.7 Å². The van der Waals surface area contributed by atoms with Gasteiger partial charge in [-0.05, 0) is 62.3 Å². The number of benzene rings is 1. The van der Waals surface area contributed by atoms with E-state index in [1.54, 1.807) is 25.7 Å². The maximum atomic E-state index is 13.0. The molecule has 1 N–H and O–H groups in total. The molecule has 2 rings (SSSR count). The van der Waals surface area contributed by atoms with Gasteiger partial charge in [0, 0.05) is 29.6 Å². The zero-order valence-electron chi connectivity index (χ0n) is 19.6. The number of aliphatic hydroxyl groups is 1. The minimum atomic E-state index is -0.746. The maximum Gasteiger partial charge on any atom is 0.307 e. The average molecular weight is 450 g/mol. The fourth-order valence-electron chi connectivity index (χ4n) is 4.11. The van der Waals surface area contributed by atoms with Crippen molar-refractivity contribution < 1.29 is 19.4 Å². The Morgan fingerprint density at radius 2 is 2.03 bits per heavy atom. The average Bonchev–Trinajstić information content (AvgIpc) is 2.65. The first-order valence-electron chi connectivity index (χ1n) is 11.1. The first-order valence-corrected chi connectivity index (χ1v) is 11.4. The molecule has 0 fully saturated rings. The second kappa shape index (κ2) is 10.2. The molecule has 0 spiro atoms. The summed E-state index contributed by atoms with van der Waals surface area (Å²) in [6.07, 6.45) is 3.71. The minimum absolute atomic E-state index is 0.0153. The smallest absolute Gasteiger partial charge is 0.307 e. The summed E-state index contributed by atoms with van der Waals surface area (Å²) in [5, 5.41) is 10.7. The third kappa shape index (κ3) is 6.56. The molecule has 1 aliphatic heterocycles. The van der Waals surface area contributed by atoms with Crippen LogP contribution in [0, 0.1) is 5.92 Å². The van der Waals surface area contributed by atoms with Gasteiger partial charge in [0.2, 0.25) is 5.91 Å². The summed E-state index contributed by atoms with van der Waals surface area (Å²) in [6, 6.07) is 6.01. The second-order valence-electron chi connectivity index (χ2n) is 9.51. The molecule has 1 aromatic carbocycles. The van der Waals surface area contributed by atoms with Crippen LogP contribution in [0.4, 0.5) is 0 Å². The predicted octanol–water partition coefficient (Wildman–Crippen LogP) is 5.03. The maximum absolute atomic E-state index is 13.0. The third-order valence-electron chi connectivity index (χ3n) is 5.94. The number of aryl methyl sites for hydroxylation is 1. The molecule has 0 aromatic heterocycles. The summed E-state index contributed by atoms with van der Waals surface area (Å²) in [6.45, 7) is 12.3. The van der Waals surface area contributed by atoms with Crippen LogP contribution in [0.2, 0.25) is 5.02 Å². The van der Waals surface area contributed by atoms with Gasteiger partial charge < -0.3 is 14.7 Å². The fraction of sp³-hybridized carbons (Fsp3) is 0.600. The number of amides is 1. The number of esters is 1. The van der Waals surface area contributed by atoms with Gasteiger partial charge in [-0.3, -0.25) is 9.59 Å². The van der Waals surface area contributed by atoms with Crippen LogP contribution in [0.5, 0.6) is 0 Å². The van der Waals surface area contributed by atoms with E-state index in [4.69, 9.17) is 16.3 Å². The lowest BCUT2D eigenvalue weighted by atomic mass is 9.68. The molecule has 31 heavy (non-hydrogen) atoms. The molecular weight excluding hydrogens is 414 g/mol. The Morgan fingerprint density at radius 1 is 1.35 bits per heavy atom. The molecule has 0 bridgehead atoms. The molecule has 1 amide bonds. The van der Waals surface area contributed by atoms with Crippen molar-refractivity contribution in [2.24, 2.45) is 5.92 Å². The van der Waals surface area contributed by atoms with Gasteiger partial charge in [0.25, 0.3) is 0 Å². The van der Waals surface area contributed by atoms with Gasteiger partial charge in [-0.1, -0.05) is 44.5 Å². The molecule has 0 saturated carbocycles. The van der Waals surface area contributed by atoms with Crippen LogP contribution in [0.15, 0.2) is 30.0 Å². The van der Waals surface area contributed by atoms with Gasteiger partial charge >= 0.3 is 5.97 Å². The zero-order valence-corrected chi connectivity index (χ0v) is 20.4. The summed E-state index contributed by atoms with van der Waals surface area (Å²) in [7, 11) is 0. The first-order chi connectivity index (χ1) is 14.4. The third-order valence-corrected chi connectivity index (χ3v) is 6.29. The Morgan fingerprint density at radius 3 is 2.58 bits per heavy atom. The Hall–Kier alpha value is -1.85. The van der Waals surface area contributed by atoms with Crippen LogP contribution in [0.1, 0.15) is 71.9 Å². The number of allylic oxidation sites excluding steroid dienone is 1. The van der Waals surface area contributed by atoms with Crippen molar-refractivity contribution >= 4 is 23.5 Å². The van der Waals surface area contributed by atoms with E-state index in [0.717, 1.165) is 16.7 Å². The Labute approximate surface area is 191 Å². The second-order valence-corrected chi connectivity index (χ2v) is 9.92. The van der Waals surface area contributed by atoms with Gasteiger partial charge in [-0.25, -0.2) is 0 Å². The Balaban J connectivity index is 2.30. The van der Waals surface area contributed by atoms with Crippen LogP contribution in [0.25, 0.3) is 0 Å². The standard InChI is InChI=1S/C25H36ClNO4/c1-7-31-23(29)11-13-27-16-20(17(2)3)25(6,15-22(27)28)19-9-8-18(21(26)14-19)10-12-24(4,5)30/h8-9,14,16-17,30H,7,10-13,15H2,1-6H3/t25-/m0/s1. The number of carbonyl (C=O) groups is 2. The Kier molecular flexibility index (Phi) is 8.34. The van der Waals surface area contributed by atoms with E-state index < -0.39 is 11.0 Å². The molecule has 0 radical (unpaired) electrons. The first kappa shape index (κ1) is 25.4. The van der Waals surface area contributed by atoms with Gasteiger partial charge in [0.1, 0.15) is 0 Å². The summed E-state index contributed by atoms with van der Waals surface area (Å²) in [5.41, 5.74) is 1.91. The number of halogens is 1. The number of rotatable bonds is 9. The predicted molar refractivity (Wildman–Crippen MR) is 124 cm³/mol. The Bertz CT molecular complexity index is 840. The lowest BCUT2D eigenvalue weighted by Gasteiger charge is -2.41. The molecule has 0 saturated heterocycles. The van der Waals surface area contributed by atoms with Crippen molar-refractivity contribution in [2.75, 3.05) is 13.2 Å². The zero-order chi connectivity index (χ0) is 23.4. The molecule has 5 nitrogen and oxygen atoms in total. The van der Waals surface area contributed by atoms with Crippen molar-refractivity contribution in [1.29, 1.82) is 0 Å². The highest BCUT2D eigenvalue weighted by molar-refractivity contribution is 6.31. The molecule has 0 aliphatic carbocycles. The van der Waals surface area contributed by atoms with E-state index in [2.05, 4.69) is 20.8 Å². The number of nitrogens with zero attached hydrogens (tertiary/aromatic N) is 1. The molecule has 1 aliphatic rings. The lowest BCUT2D eigenvalue weighted by Crippen LogP contribution is -2.42. The summed E-state index contributed by atoms with van der Waals surface area (Å²) in [4.78, 5) is 26.3. The van der Waals surface area contributed by atoms with E-state index in [1.807, 2.05) is 24.4 Å². The van der Waals surface area contributed by atoms with E-state index in [-0.39, 0.29) is 24.2 Å². The van der Waals surface area contributed by atoms with Gasteiger partial charge in [-0.2, -0.15) is 0 Å². The molecule has 0 unspecified atom stereocenters. The van der Waals surface area contributed by atoms with Crippen molar-refractivity contribution in [2.45, 2.75) is 78.2 Å². The molecule has 1 heterocycles. The van der Waals surface area contributed by atoms with Crippen molar-refractivity contribution in [3.8, 4) is 0 Å². The fourth-order valence-corrected chi connectivity index (χ4v) is 4.39. The lowest BCUT2D eigenvalue weighted by molar-refractivity contribution is -0.143. The van der Waals surface area contributed by atoms with Gasteiger partial charge in [0.15, 0.2) is 0 Å². The largest absolute Gasteiger partial charge is 0.466 e.